The van der Waals surface area contributed by atoms with Crippen LogP contribution in [-0.4, -0.2) is 43.0 Å². The lowest BCUT2D eigenvalue weighted by atomic mass is 9.74. The maximum Gasteiger partial charge on any atom is 0.137 e. The Bertz CT molecular complexity index is 279. The highest BCUT2D eigenvalue weighted by atomic mass is 16.5. The average molecular weight is 239 g/mol. The number of nitrogens with zero attached hydrogens (tertiary/aromatic N) is 1. The smallest absolute Gasteiger partial charge is 0.137 e. The third kappa shape index (κ3) is 3.08. The van der Waals surface area contributed by atoms with Crippen molar-refractivity contribution in [3.05, 3.63) is 0 Å². The van der Waals surface area contributed by atoms with Crippen LogP contribution in [0.2, 0.25) is 0 Å². The van der Waals surface area contributed by atoms with E-state index >= 15 is 0 Å². The molecule has 0 radical (unpaired) electrons. The average Bonchev–Trinajstić information content (AvgIpc) is 2.25. The molecular formula is C14H25NO2. The van der Waals surface area contributed by atoms with Gasteiger partial charge in [-0.2, -0.15) is 0 Å². The second-order valence-electron chi connectivity index (χ2n) is 6.01. The Morgan fingerprint density at radius 1 is 1.35 bits per heavy atom. The number of ketones is 1. The van der Waals surface area contributed by atoms with Crippen LogP contribution in [0.4, 0.5) is 0 Å². The fourth-order valence-corrected chi connectivity index (χ4v) is 3.26. The van der Waals surface area contributed by atoms with E-state index in [0.717, 1.165) is 32.7 Å². The number of ether oxygens (including phenoxy) is 1. The molecule has 2 aliphatic rings. The van der Waals surface area contributed by atoms with E-state index in [0.29, 0.717) is 23.7 Å². The van der Waals surface area contributed by atoms with Gasteiger partial charge in [0.25, 0.3) is 0 Å². The molecule has 4 atom stereocenters. The fourth-order valence-electron chi connectivity index (χ4n) is 3.26. The predicted molar refractivity (Wildman–Crippen MR) is 67.9 cm³/mol. The summed E-state index contributed by atoms with van der Waals surface area (Å²) in [5.74, 6) is 1.86. The van der Waals surface area contributed by atoms with E-state index in [4.69, 9.17) is 4.74 Å². The molecule has 17 heavy (non-hydrogen) atoms. The van der Waals surface area contributed by atoms with Crippen LogP contribution in [0.5, 0.6) is 0 Å². The maximum absolute atomic E-state index is 12.1. The minimum atomic E-state index is 0.256. The summed E-state index contributed by atoms with van der Waals surface area (Å²) in [4.78, 5) is 14.6. The molecule has 3 nitrogen and oxygen atoms in total. The maximum atomic E-state index is 12.1. The molecule has 1 heterocycles. The van der Waals surface area contributed by atoms with Crippen LogP contribution < -0.4 is 0 Å². The standard InChI is InChI=1S/C14H25NO2/c1-10-6-11(2)13(14(16)7-10)8-15-4-5-17-9-12(15)3/h10-13H,4-9H2,1-3H3. The first kappa shape index (κ1) is 13.0. The number of carbonyl (C=O) groups excluding carboxylic acids is 1. The SMILES string of the molecule is CC1CC(=O)C(CN2CCOCC2C)C(C)C1. The van der Waals surface area contributed by atoms with Crippen molar-refractivity contribution in [3.8, 4) is 0 Å². The van der Waals surface area contributed by atoms with Crippen molar-refractivity contribution in [1.29, 1.82) is 0 Å². The van der Waals surface area contributed by atoms with E-state index in [1.54, 1.807) is 0 Å². The zero-order valence-corrected chi connectivity index (χ0v) is 11.3. The number of rotatable bonds is 2. The van der Waals surface area contributed by atoms with Gasteiger partial charge >= 0.3 is 0 Å². The molecule has 0 bridgehead atoms. The summed E-state index contributed by atoms with van der Waals surface area (Å²) in [6.45, 7) is 10.2. The Labute approximate surface area is 105 Å². The molecule has 1 aliphatic heterocycles. The first-order valence-electron chi connectivity index (χ1n) is 6.92. The van der Waals surface area contributed by atoms with Gasteiger partial charge in [-0.25, -0.2) is 0 Å². The van der Waals surface area contributed by atoms with E-state index in [1.165, 1.54) is 6.42 Å². The van der Waals surface area contributed by atoms with Crippen LogP contribution in [0, 0.1) is 17.8 Å². The molecule has 0 amide bonds. The van der Waals surface area contributed by atoms with Gasteiger partial charge in [-0.05, 0) is 25.2 Å². The highest BCUT2D eigenvalue weighted by molar-refractivity contribution is 5.82. The third-order valence-electron chi connectivity index (χ3n) is 4.36. The number of hydrogen-bond acceptors (Lipinski definition) is 3. The molecule has 0 aromatic heterocycles. The Morgan fingerprint density at radius 2 is 2.12 bits per heavy atom. The Balaban J connectivity index is 1.94. The number of hydrogen-bond donors (Lipinski definition) is 0. The van der Waals surface area contributed by atoms with E-state index in [1.807, 2.05) is 0 Å². The van der Waals surface area contributed by atoms with Gasteiger partial charge in [-0.15, -0.1) is 0 Å². The summed E-state index contributed by atoms with van der Waals surface area (Å²) in [6, 6.07) is 0.461. The molecule has 4 unspecified atom stereocenters. The molecule has 98 valence electrons. The quantitative estimate of drug-likeness (QED) is 0.738. The lowest BCUT2D eigenvalue weighted by Crippen LogP contribution is -2.49. The molecule has 1 aliphatic carbocycles. The van der Waals surface area contributed by atoms with Crippen LogP contribution in [0.25, 0.3) is 0 Å². The number of carbonyl (C=O) groups is 1. The predicted octanol–water partition coefficient (Wildman–Crippen LogP) is 1.96. The molecule has 2 rings (SSSR count). The summed E-state index contributed by atoms with van der Waals surface area (Å²) in [7, 11) is 0. The summed E-state index contributed by atoms with van der Waals surface area (Å²) in [6.07, 6.45) is 1.99. The molecular weight excluding hydrogens is 214 g/mol. The van der Waals surface area contributed by atoms with E-state index in [9.17, 15) is 4.79 Å². The van der Waals surface area contributed by atoms with Crippen molar-refractivity contribution in [2.24, 2.45) is 17.8 Å². The largest absolute Gasteiger partial charge is 0.379 e. The topological polar surface area (TPSA) is 29.5 Å². The van der Waals surface area contributed by atoms with Crippen LogP contribution in [0.1, 0.15) is 33.6 Å². The van der Waals surface area contributed by atoms with Crippen molar-refractivity contribution in [3.63, 3.8) is 0 Å². The van der Waals surface area contributed by atoms with Gasteiger partial charge in [-0.1, -0.05) is 13.8 Å². The van der Waals surface area contributed by atoms with Gasteiger partial charge < -0.3 is 4.74 Å². The molecule has 2 fully saturated rings. The van der Waals surface area contributed by atoms with Crippen LogP contribution in [-0.2, 0) is 9.53 Å². The highest BCUT2D eigenvalue weighted by Crippen LogP contribution is 2.32. The molecule has 0 spiro atoms. The molecule has 0 N–H and O–H groups in total. The van der Waals surface area contributed by atoms with Gasteiger partial charge in [0.15, 0.2) is 0 Å². The van der Waals surface area contributed by atoms with Crippen molar-refractivity contribution in [2.75, 3.05) is 26.3 Å². The van der Waals surface area contributed by atoms with Crippen molar-refractivity contribution < 1.29 is 9.53 Å². The van der Waals surface area contributed by atoms with Crippen molar-refractivity contribution >= 4 is 5.78 Å². The molecule has 1 saturated heterocycles. The van der Waals surface area contributed by atoms with Crippen molar-refractivity contribution in [2.45, 2.75) is 39.7 Å². The Morgan fingerprint density at radius 3 is 2.76 bits per heavy atom. The summed E-state index contributed by atoms with van der Waals surface area (Å²) in [5.41, 5.74) is 0. The normalized spacial score (nSPS) is 40.5. The molecule has 3 heteroatoms. The van der Waals surface area contributed by atoms with Gasteiger partial charge in [-0.3, -0.25) is 9.69 Å². The van der Waals surface area contributed by atoms with E-state index in [-0.39, 0.29) is 5.92 Å². The highest BCUT2D eigenvalue weighted by Gasteiger charge is 2.34. The Kier molecular flexibility index (Phi) is 4.21. The first-order valence-corrected chi connectivity index (χ1v) is 6.92. The van der Waals surface area contributed by atoms with E-state index in [2.05, 4.69) is 25.7 Å². The molecule has 1 saturated carbocycles. The molecule has 0 aromatic rings. The van der Waals surface area contributed by atoms with Crippen molar-refractivity contribution in [1.82, 2.24) is 4.90 Å². The summed E-state index contributed by atoms with van der Waals surface area (Å²) in [5, 5.41) is 0. The van der Waals surface area contributed by atoms with Gasteiger partial charge in [0.2, 0.25) is 0 Å². The lowest BCUT2D eigenvalue weighted by molar-refractivity contribution is -0.129. The van der Waals surface area contributed by atoms with Gasteiger partial charge in [0.05, 0.1) is 13.2 Å². The fraction of sp³-hybridized carbons (Fsp3) is 0.929. The van der Waals surface area contributed by atoms with Crippen LogP contribution in [0.3, 0.4) is 0 Å². The monoisotopic (exact) mass is 239 g/mol. The third-order valence-corrected chi connectivity index (χ3v) is 4.36. The van der Waals surface area contributed by atoms with E-state index < -0.39 is 0 Å². The van der Waals surface area contributed by atoms with Gasteiger partial charge in [0.1, 0.15) is 5.78 Å². The van der Waals surface area contributed by atoms with Crippen LogP contribution >= 0.6 is 0 Å². The first-order chi connectivity index (χ1) is 8.08. The Hall–Kier alpha value is -0.410. The second kappa shape index (κ2) is 5.49. The number of morpholine rings is 1. The molecule has 0 aromatic carbocycles. The summed E-state index contributed by atoms with van der Waals surface area (Å²) >= 11 is 0. The zero-order valence-electron chi connectivity index (χ0n) is 11.3. The number of Topliss-reactive ketones (excluding diaryl/α,β-unsaturated/α-hetero) is 1. The minimum absolute atomic E-state index is 0.256. The zero-order chi connectivity index (χ0) is 12.4. The summed E-state index contributed by atoms with van der Waals surface area (Å²) < 4.78 is 5.45. The van der Waals surface area contributed by atoms with Crippen LogP contribution in [0.15, 0.2) is 0 Å². The minimum Gasteiger partial charge on any atom is -0.379 e. The second-order valence-corrected chi connectivity index (χ2v) is 6.01. The van der Waals surface area contributed by atoms with Gasteiger partial charge in [0, 0.05) is 31.5 Å². The lowest BCUT2D eigenvalue weighted by Gasteiger charge is -2.39.